The van der Waals surface area contributed by atoms with Gasteiger partial charge in [0.25, 0.3) is 9.05 Å². The van der Waals surface area contributed by atoms with Crippen LogP contribution in [0.1, 0.15) is 41.0 Å². The van der Waals surface area contributed by atoms with E-state index < -0.39 is 26.8 Å². The van der Waals surface area contributed by atoms with Crippen molar-refractivity contribution in [2.24, 2.45) is 5.92 Å². The average Bonchev–Trinajstić information content (AvgIpc) is 2.08. The van der Waals surface area contributed by atoms with Crippen molar-refractivity contribution in [1.29, 1.82) is 0 Å². The van der Waals surface area contributed by atoms with Gasteiger partial charge in [-0.15, -0.1) is 0 Å². The molecule has 0 spiro atoms. The third-order valence-electron chi connectivity index (χ3n) is 1.90. The maximum atomic E-state index is 11.6. The van der Waals surface area contributed by atoms with Crippen LogP contribution < -0.4 is 5.32 Å². The molecule has 0 aromatic carbocycles. The van der Waals surface area contributed by atoms with E-state index in [4.69, 9.17) is 15.4 Å². The number of hydrogen-bond donors (Lipinski definition) is 1. The molecule has 1 N–H and O–H groups in total. The van der Waals surface area contributed by atoms with Gasteiger partial charge in [0, 0.05) is 16.1 Å². The molecule has 0 radical (unpaired) electrons. The zero-order valence-electron chi connectivity index (χ0n) is 11.9. The summed E-state index contributed by atoms with van der Waals surface area (Å²) < 4.78 is 26.9. The Hall–Kier alpha value is -0.750. The molecule has 0 bridgehead atoms. The van der Waals surface area contributed by atoms with Crippen molar-refractivity contribution in [1.82, 2.24) is 5.32 Å². The Morgan fingerprint density at radius 3 is 2.26 bits per heavy atom. The minimum atomic E-state index is -3.73. The average molecular weight is 312 g/mol. The van der Waals surface area contributed by atoms with Gasteiger partial charge in [-0.05, 0) is 39.2 Å². The molecule has 0 saturated carbocycles. The van der Waals surface area contributed by atoms with E-state index in [1.165, 1.54) is 6.08 Å². The molecule has 0 unspecified atom stereocenters. The molecule has 0 saturated heterocycles. The highest BCUT2D eigenvalue weighted by atomic mass is 35.7. The summed E-state index contributed by atoms with van der Waals surface area (Å²) in [6.07, 6.45) is 1.35. The molecule has 19 heavy (non-hydrogen) atoms. The van der Waals surface area contributed by atoms with E-state index >= 15 is 0 Å². The minimum Gasteiger partial charge on any atom is -0.444 e. The zero-order chi connectivity index (χ0) is 15.3. The Bertz CT molecular complexity index is 424. The first-order chi connectivity index (χ1) is 8.39. The predicted molar refractivity (Wildman–Crippen MR) is 76.5 cm³/mol. The van der Waals surface area contributed by atoms with Gasteiger partial charge in [-0.2, -0.15) is 0 Å². The van der Waals surface area contributed by atoms with Crippen LogP contribution in [0.5, 0.6) is 0 Å². The molecule has 112 valence electrons. The molecule has 1 atom stereocenters. The Labute approximate surface area is 119 Å². The van der Waals surface area contributed by atoms with Gasteiger partial charge in [-0.3, -0.25) is 0 Å². The molecule has 0 aliphatic carbocycles. The summed E-state index contributed by atoms with van der Waals surface area (Å²) in [5.41, 5.74) is -0.602. The molecule has 0 fully saturated rings. The lowest BCUT2D eigenvalue weighted by Gasteiger charge is -2.23. The number of ether oxygens (including phenoxy) is 1. The lowest BCUT2D eigenvalue weighted by Crippen LogP contribution is -2.38. The number of carbonyl (C=O) groups excluding carboxylic acids is 1. The van der Waals surface area contributed by atoms with Crippen LogP contribution in [0.25, 0.3) is 0 Å². The van der Waals surface area contributed by atoms with Crippen molar-refractivity contribution >= 4 is 25.8 Å². The highest BCUT2D eigenvalue weighted by Crippen LogP contribution is 2.11. The summed E-state index contributed by atoms with van der Waals surface area (Å²) in [4.78, 5) is 11.6. The number of hydrogen-bond acceptors (Lipinski definition) is 4. The van der Waals surface area contributed by atoms with Gasteiger partial charge in [-0.1, -0.05) is 13.8 Å². The number of amides is 1. The molecule has 0 aromatic rings. The summed E-state index contributed by atoms with van der Waals surface area (Å²) >= 11 is 0. The lowest BCUT2D eigenvalue weighted by atomic mass is 10.0. The quantitative estimate of drug-likeness (QED) is 0.792. The summed E-state index contributed by atoms with van der Waals surface area (Å²) in [6.45, 7) is 9.19. The second-order valence-corrected chi connectivity index (χ2v) is 8.20. The fourth-order valence-electron chi connectivity index (χ4n) is 1.34. The molecule has 0 aliphatic rings. The summed E-state index contributed by atoms with van der Waals surface area (Å²) in [6, 6.07) is -0.441. The first kappa shape index (κ1) is 18.2. The third kappa shape index (κ3) is 12.0. The molecule has 0 aliphatic heterocycles. The summed E-state index contributed by atoms with van der Waals surface area (Å²) in [5.74, 6) is 0.280. The van der Waals surface area contributed by atoms with Crippen LogP contribution in [-0.2, 0) is 13.8 Å². The minimum absolute atomic E-state index is 0.280. The Balaban J connectivity index is 4.69. The van der Waals surface area contributed by atoms with Crippen LogP contribution in [-0.4, -0.2) is 26.2 Å². The first-order valence-electron chi connectivity index (χ1n) is 6.01. The number of halogens is 1. The lowest BCUT2D eigenvalue weighted by molar-refractivity contribution is 0.0510. The fraction of sp³-hybridized carbons (Fsp3) is 0.750. The number of rotatable bonds is 5. The highest BCUT2D eigenvalue weighted by molar-refractivity contribution is 8.16. The normalized spacial score (nSPS) is 14.7. The second kappa shape index (κ2) is 7.14. The van der Waals surface area contributed by atoms with Gasteiger partial charge in [0.05, 0.1) is 6.04 Å². The molecule has 0 rings (SSSR count). The molecule has 0 heterocycles. The van der Waals surface area contributed by atoms with E-state index in [0.717, 1.165) is 5.41 Å². The largest absolute Gasteiger partial charge is 0.444 e. The van der Waals surface area contributed by atoms with Crippen molar-refractivity contribution in [3.63, 3.8) is 0 Å². The Morgan fingerprint density at radius 1 is 1.37 bits per heavy atom. The van der Waals surface area contributed by atoms with Crippen molar-refractivity contribution < 1.29 is 17.9 Å². The van der Waals surface area contributed by atoms with Crippen LogP contribution >= 0.6 is 10.7 Å². The topological polar surface area (TPSA) is 72.5 Å². The number of alkyl carbamates (subject to hydrolysis) is 1. The monoisotopic (exact) mass is 311 g/mol. The van der Waals surface area contributed by atoms with Crippen LogP contribution in [0.4, 0.5) is 4.79 Å². The predicted octanol–water partition coefficient (Wildman–Crippen LogP) is 3.01. The molecular weight excluding hydrogens is 290 g/mol. The number of carbonyl (C=O) groups is 1. The standard InChI is InChI=1S/C12H22ClNO4S/c1-9(2)8-10(6-7-19(13,16)17)14-11(15)18-12(3,4)5/h6-7,9-10H,8H2,1-5H3,(H,14,15)/b7-6-/t10-/m1/s1. The van der Waals surface area contributed by atoms with Crippen molar-refractivity contribution in [2.75, 3.05) is 0 Å². The molecule has 7 heteroatoms. The van der Waals surface area contributed by atoms with Gasteiger partial charge in [-0.25, -0.2) is 13.2 Å². The van der Waals surface area contributed by atoms with Crippen LogP contribution in [0, 0.1) is 5.92 Å². The van der Waals surface area contributed by atoms with Gasteiger partial charge in [0.15, 0.2) is 0 Å². The second-order valence-electron chi connectivity index (χ2n) is 5.69. The van der Waals surface area contributed by atoms with E-state index in [-0.39, 0.29) is 5.92 Å². The summed E-state index contributed by atoms with van der Waals surface area (Å²) in [5, 5.41) is 3.48. The first-order valence-corrected chi connectivity index (χ1v) is 8.38. The van der Waals surface area contributed by atoms with E-state index in [9.17, 15) is 13.2 Å². The highest BCUT2D eigenvalue weighted by Gasteiger charge is 2.19. The van der Waals surface area contributed by atoms with Crippen LogP contribution in [0.3, 0.4) is 0 Å². The fourth-order valence-corrected chi connectivity index (χ4v) is 1.90. The van der Waals surface area contributed by atoms with Crippen molar-refractivity contribution in [2.45, 2.75) is 52.7 Å². The maximum absolute atomic E-state index is 11.6. The third-order valence-corrected chi connectivity index (χ3v) is 2.69. The van der Waals surface area contributed by atoms with E-state index in [2.05, 4.69) is 5.32 Å². The van der Waals surface area contributed by atoms with Crippen LogP contribution in [0.15, 0.2) is 11.5 Å². The summed E-state index contributed by atoms with van der Waals surface area (Å²) in [7, 11) is 1.37. The van der Waals surface area contributed by atoms with E-state index in [0.29, 0.717) is 6.42 Å². The SMILES string of the molecule is CC(C)C[C@@H](/C=C\S(=O)(=O)Cl)NC(=O)OC(C)(C)C. The van der Waals surface area contributed by atoms with Gasteiger partial charge >= 0.3 is 6.09 Å². The molecular formula is C12H22ClNO4S. The van der Waals surface area contributed by atoms with Crippen LogP contribution in [0.2, 0.25) is 0 Å². The van der Waals surface area contributed by atoms with E-state index in [1.807, 2.05) is 13.8 Å². The molecule has 5 nitrogen and oxygen atoms in total. The maximum Gasteiger partial charge on any atom is 0.408 e. The zero-order valence-corrected chi connectivity index (χ0v) is 13.5. The van der Waals surface area contributed by atoms with Gasteiger partial charge < -0.3 is 10.1 Å². The van der Waals surface area contributed by atoms with Crippen molar-refractivity contribution in [3.05, 3.63) is 11.5 Å². The van der Waals surface area contributed by atoms with Crippen molar-refractivity contribution in [3.8, 4) is 0 Å². The van der Waals surface area contributed by atoms with Gasteiger partial charge in [0.1, 0.15) is 5.60 Å². The Kier molecular flexibility index (Phi) is 6.86. The molecule has 0 aromatic heterocycles. The van der Waals surface area contributed by atoms with Gasteiger partial charge in [0.2, 0.25) is 0 Å². The Morgan fingerprint density at radius 2 is 1.89 bits per heavy atom. The smallest absolute Gasteiger partial charge is 0.408 e. The number of nitrogens with one attached hydrogen (secondary N) is 1. The van der Waals surface area contributed by atoms with E-state index in [1.54, 1.807) is 20.8 Å². The molecule has 1 amide bonds.